The first kappa shape index (κ1) is 14.5. The summed E-state index contributed by atoms with van der Waals surface area (Å²) in [6.07, 6.45) is 1.37. The average molecular weight is 300 g/mol. The van der Waals surface area contributed by atoms with E-state index in [0.717, 1.165) is 29.7 Å². The fraction of sp³-hybridized carbons (Fsp3) is 0.571. The van der Waals surface area contributed by atoms with Crippen molar-refractivity contribution >= 4 is 15.9 Å². The molecule has 0 aromatic heterocycles. The summed E-state index contributed by atoms with van der Waals surface area (Å²) in [6, 6.07) is 8.01. The van der Waals surface area contributed by atoms with Crippen LogP contribution in [0.5, 0.6) is 5.75 Å². The third kappa shape index (κ3) is 5.55. The van der Waals surface area contributed by atoms with Gasteiger partial charge in [0, 0.05) is 11.0 Å². The van der Waals surface area contributed by atoms with Crippen LogP contribution in [0.1, 0.15) is 27.2 Å². The van der Waals surface area contributed by atoms with Crippen LogP contribution in [0, 0.1) is 5.92 Å². The van der Waals surface area contributed by atoms with Crippen LogP contribution in [-0.4, -0.2) is 19.2 Å². The van der Waals surface area contributed by atoms with Crippen molar-refractivity contribution in [3.8, 4) is 5.75 Å². The van der Waals surface area contributed by atoms with E-state index in [4.69, 9.17) is 4.74 Å². The van der Waals surface area contributed by atoms with Gasteiger partial charge in [-0.1, -0.05) is 42.8 Å². The molecule has 0 aliphatic carbocycles. The number of benzene rings is 1. The summed E-state index contributed by atoms with van der Waals surface area (Å²) in [4.78, 5) is 0. The Balaban J connectivity index is 2.54. The Morgan fingerprint density at radius 2 is 2.12 bits per heavy atom. The molecule has 2 nitrogen and oxygen atoms in total. The van der Waals surface area contributed by atoms with Gasteiger partial charge >= 0.3 is 0 Å². The third-order valence-corrected chi connectivity index (χ3v) is 3.09. The van der Waals surface area contributed by atoms with Gasteiger partial charge in [-0.15, -0.1) is 0 Å². The standard InChI is InChI=1S/C14H22BrNO/c1-4-8-16-10-14(11(2)3)17-13-7-5-6-12(15)9-13/h5-7,9,11,14,16H,4,8,10H2,1-3H3. The Morgan fingerprint density at radius 3 is 2.71 bits per heavy atom. The van der Waals surface area contributed by atoms with Gasteiger partial charge in [0.1, 0.15) is 11.9 Å². The van der Waals surface area contributed by atoms with E-state index in [1.54, 1.807) is 0 Å². The molecule has 1 atom stereocenters. The largest absolute Gasteiger partial charge is 0.489 e. The van der Waals surface area contributed by atoms with Crippen molar-refractivity contribution < 1.29 is 4.74 Å². The maximum atomic E-state index is 6.01. The zero-order valence-corrected chi connectivity index (χ0v) is 12.5. The second-order valence-corrected chi connectivity index (χ2v) is 5.48. The van der Waals surface area contributed by atoms with Crippen molar-refractivity contribution in [1.82, 2.24) is 5.32 Å². The van der Waals surface area contributed by atoms with E-state index in [2.05, 4.69) is 42.0 Å². The van der Waals surface area contributed by atoms with Crippen LogP contribution in [-0.2, 0) is 0 Å². The highest BCUT2D eigenvalue weighted by molar-refractivity contribution is 9.10. The van der Waals surface area contributed by atoms with Crippen molar-refractivity contribution in [2.24, 2.45) is 5.92 Å². The summed E-state index contributed by atoms with van der Waals surface area (Å²) in [7, 11) is 0. The highest BCUT2D eigenvalue weighted by Crippen LogP contribution is 2.20. The molecule has 0 radical (unpaired) electrons. The van der Waals surface area contributed by atoms with Crippen molar-refractivity contribution in [3.05, 3.63) is 28.7 Å². The Hall–Kier alpha value is -0.540. The molecule has 1 unspecified atom stereocenters. The van der Waals surface area contributed by atoms with E-state index in [1.807, 2.05) is 24.3 Å². The molecule has 0 aliphatic rings. The summed E-state index contributed by atoms with van der Waals surface area (Å²) in [5.74, 6) is 1.43. The van der Waals surface area contributed by atoms with Crippen LogP contribution in [0.15, 0.2) is 28.7 Å². The minimum atomic E-state index is 0.218. The highest BCUT2D eigenvalue weighted by Gasteiger charge is 2.14. The molecule has 0 aliphatic heterocycles. The fourth-order valence-corrected chi connectivity index (χ4v) is 1.93. The number of nitrogens with one attached hydrogen (secondary N) is 1. The number of hydrogen-bond donors (Lipinski definition) is 1. The van der Waals surface area contributed by atoms with Gasteiger partial charge in [0.25, 0.3) is 0 Å². The minimum Gasteiger partial charge on any atom is -0.489 e. The molecular weight excluding hydrogens is 278 g/mol. The van der Waals surface area contributed by atoms with Gasteiger partial charge in [0.2, 0.25) is 0 Å². The molecule has 1 N–H and O–H groups in total. The Labute approximate surface area is 113 Å². The summed E-state index contributed by atoms with van der Waals surface area (Å²) >= 11 is 3.46. The van der Waals surface area contributed by atoms with E-state index >= 15 is 0 Å². The van der Waals surface area contributed by atoms with Gasteiger partial charge in [0.05, 0.1) is 0 Å². The summed E-state index contributed by atoms with van der Waals surface area (Å²) in [5, 5.41) is 3.41. The quantitative estimate of drug-likeness (QED) is 0.772. The smallest absolute Gasteiger partial charge is 0.120 e. The lowest BCUT2D eigenvalue weighted by molar-refractivity contribution is 0.149. The molecule has 3 heteroatoms. The summed E-state index contributed by atoms with van der Waals surface area (Å²) in [5.41, 5.74) is 0. The molecule has 0 bridgehead atoms. The highest BCUT2D eigenvalue weighted by atomic mass is 79.9. The number of halogens is 1. The number of ether oxygens (including phenoxy) is 1. The van der Waals surface area contributed by atoms with E-state index in [9.17, 15) is 0 Å². The zero-order valence-electron chi connectivity index (χ0n) is 10.9. The lowest BCUT2D eigenvalue weighted by Gasteiger charge is -2.23. The lowest BCUT2D eigenvalue weighted by Crippen LogP contribution is -2.35. The van der Waals surface area contributed by atoms with Gasteiger partial charge < -0.3 is 10.1 Å². The molecule has 0 spiro atoms. The molecule has 0 amide bonds. The molecule has 0 saturated carbocycles. The van der Waals surface area contributed by atoms with Crippen LogP contribution in [0.4, 0.5) is 0 Å². The van der Waals surface area contributed by atoms with E-state index in [1.165, 1.54) is 0 Å². The first-order valence-electron chi connectivity index (χ1n) is 6.26. The second kappa shape index (κ2) is 7.72. The van der Waals surface area contributed by atoms with Gasteiger partial charge in [-0.2, -0.15) is 0 Å². The van der Waals surface area contributed by atoms with Crippen molar-refractivity contribution in [2.45, 2.75) is 33.3 Å². The van der Waals surface area contributed by atoms with Crippen molar-refractivity contribution in [1.29, 1.82) is 0 Å². The van der Waals surface area contributed by atoms with E-state index in [0.29, 0.717) is 5.92 Å². The Morgan fingerprint density at radius 1 is 1.35 bits per heavy atom. The molecule has 17 heavy (non-hydrogen) atoms. The topological polar surface area (TPSA) is 21.3 Å². The average Bonchev–Trinajstić information content (AvgIpc) is 2.28. The van der Waals surface area contributed by atoms with Crippen LogP contribution >= 0.6 is 15.9 Å². The molecule has 1 aromatic rings. The molecule has 1 aromatic carbocycles. The molecule has 0 heterocycles. The third-order valence-electron chi connectivity index (χ3n) is 2.60. The van der Waals surface area contributed by atoms with E-state index in [-0.39, 0.29) is 6.10 Å². The molecule has 0 fully saturated rings. The number of rotatable bonds is 7. The number of hydrogen-bond acceptors (Lipinski definition) is 2. The van der Waals surface area contributed by atoms with Gasteiger partial charge in [0.15, 0.2) is 0 Å². The van der Waals surface area contributed by atoms with Gasteiger partial charge in [-0.25, -0.2) is 0 Å². The van der Waals surface area contributed by atoms with E-state index < -0.39 is 0 Å². The summed E-state index contributed by atoms with van der Waals surface area (Å²) < 4.78 is 7.07. The first-order valence-corrected chi connectivity index (χ1v) is 7.05. The van der Waals surface area contributed by atoms with Gasteiger partial charge in [-0.3, -0.25) is 0 Å². The van der Waals surface area contributed by atoms with Crippen molar-refractivity contribution in [2.75, 3.05) is 13.1 Å². The molecular formula is C14H22BrNO. The molecule has 96 valence electrons. The monoisotopic (exact) mass is 299 g/mol. The van der Waals surface area contributed by atoms with Crippen LogP contribution in [0.3, 0.4) is 0 Å². The zero-order chi connectivity index (χ0) is 12.7. The van der Waals surface area contributed by atoms with Gasteiger partial charge in [-0.05, 0) is 37.1 Å². The lowest BCUT2D eigenvalue weighted by atomic mass is 10.1. The minimum absolute atomic E-state index is 0.218. The predicted molar refractivity (Wildman–Crippen MR) is 76.6 cm³/mol. The van der Waals surface area contributed by atoms with Crippen LogP contribution in [0.2, 0.25) is 0 Å². The predicted octanol–water partition coefficient (Wildman–Crippen LogP) is 3.85. The first-order chi connectivity index (χ1) is 8.13. The van der Waals surface area contributed by atoms with Crippen LogP contribution in [0.25, 0.3) is 0 Å². The fourth-order valence-electron chi connectivity index (χ4n) is 1.55. The SMILES string of the molecule is CCCNCC(Oc1cccc(Br)c1)C(C)C. The van der Waals surface area contributed by atoms with Crippen LogP contribution < -0.4 is 10.1 Å². The summed E-state index contributed by atoms with van der Waals surface area (Å²) in [6.45, 7) is 8.50. The molecule has 1 rings (SSSR count). The Bertz CT molecular complexity index is 328. The van der Waals surface area contributed by atoms with Crippen molar-refractivity contribution in [3.63, 3.8) is 0 Å². The molecule has 0 saturated heterocycles. The maximum absolute atomic E-state index is 6.01. The maximum Gasteiger partial charge on any atom is 0.120 e. The normalized spacial score (nSPS) is 12.8. The Kier molecular flexibility index (Phi) is 6.60. The second-order valence-electron chi connectivity index (χ2n) is 4.56.